The highest BCUT2D eigenvalue weighted by Gasteiger charge is 2.09. The number of hydrogen-bond donors (Lipinski definition) is 0. The van der Waals surface area contributed by atoms with Crippen LogP contribution < -0.4 is 0 Å². The topological polar surface area (TPSA) is 17.1 Å². The van der Waals surface area contributed by atoms with Crippen molar-refractivity contribution in [2.45, 2.75) is 12.8 Å². The summed E-state index contributed by atoms with van der Waals surface area (Å²) in [5, 5.41) is 0.912. The second kappa shape index (κ2) is 5.05. The number of carbonyl (C=O) groups is 1. The fourth-order valence-corrected chi connectivity index (χ4v) is 1.43. The molecule has 0 saturated heterocycles. The fourth-order valence-electron chi connectivity index (χ4n) is 1.03. The van der Waals surface area contributed by atoms with E-state index < -0.39 is 0 Å². The smallest absolute Gasteiger partial charge is 0.165 e. The van der Waals surface area contributed by atoms with Gasteiger partial charge in [-0.25, -0.2) is 0 Å². The molecule has 0 atom stereocenters. The number of rotatable bonds is 3. The van der Waals surface area contributed by atoms with Crippen molar-refractivity contribution in [3.8, 4) is 12.3 Å². The van der Waals surface area contributed by atoms with Crippen molar-refractivity contribution in [2.75, 3.05) is 0 Å². The number of benzene rings is 1. The molecule has 0 N–H and O–H groups in total. The first-order valence-electron chi connectivity index (χ1n) is 4.07. The monoisotopic (exact) mass is 226 g/mol. The Labute approximate surface area is 93.0 Å². The Morgan fingerprint density at radius 1 is 1.43 bits per heavy atom. The van der Waals surface area contributed by atoms with Gasteiger partial charge >= 0.3 is 0 Å². The van der Waals surface area contributed by atoms with Gasteiger partial charge in [0.1, 0.15) is 0 Å². The van der Waals surface area contributed by atoms with Crippen molar-refractivity contribution in [3.63, 3.8) is 0 Å². The van der Waals surface area contributed by atoms with E-state index in [9.17, 15) is 4.79 Å². The predicted molar refractivity (Wildman–Crippen MR) is 58.9 cm³/mol. The van der Waals surface area contributed by atoms with Crippen LogP contribution in [0.5, 0.6) is 0 Å². The van der Waals surface area contributed by atoms with Crippen molar-refractivity contribution < 1.29 is 4.79 Å². The van der Waals surface area contributed by atoms with Crippen LogP contribution >= 0.6 is 23.2 Å². The highest BCUT2D eigenvalue weighted by atomic mass is 35.5. The molecule has 3 heteroatoms. The lowest BCUT2D eigenvalue weighted by Crippen LogP contribution is -1.99. The molecule has 0 unspecified atom stereocenters. The maximum absolute atomic E-state index is 11.5. The van der Waals surface area contributed by atoms with Crippen LogP contribution in [0.25, 0.3) is 0 Å². The van der Waals surface area contributed by atoms with Crippen molar-refractivity contribution in [3.05, 3.63) is 33.8 Å². The second-order valence-corrected chi connectivity index (χ2v) is 3.60. The summed E-state index contributed by atoms with van der Waals surface area (Å²) in [6.45, 7) is 0. The van der Waals surface area contributed by atoms with Crippen LogP contribution in [-0.2, 0) is 0 Å². The van der Waals surface area contributed by atoms with Crippen molar-refractivity contribution in [2.24, 2.45) is 0 Å². The van der Waals surface area contributed by atoms with E-state index in [-0.39, 0.29) is 5.78 Å². The summed E-state index contributed by atoms with van der Waals surface area (Å²) in [7, 11) is 0. The SMILES string of the molecule is C#CCCC(=O)c1cc(Cl)ccc1Cl. The van der Waals surface area contributed by atoms with Gasteiger partial charge in [0.15, 0.2) is 5.78 Å². The van der Waals surface area contributed by atoms with E-state index in [1.54, 1.807) is 18.2 Å². The molecular weight excluding hydrogens is 219 g/mol. The van der Waals surface area contributed by atoms with Crippen LogP contribution in [0.1, 0.15) is 23.2 Å². The highest BCUT2D eigenvalue weighted by molar-refractivity contribution is 6.35. The predicted octanol–water partition coefficient (Wildman–Crippen LogP) is 3.59. The number of terminal acetylenes is 1. The van der Waals surface area contributed by atoms with Crippen molar-refractivity contribution in [1.82, 2.24) is 0 Å². The van der Waals surface area contributed by atoms with E-state index in [2.05, 4.69) is 5.92 Å². The molecule has 72 valence electrons. The van der Waals surface area contributed by atoms with Crippen LogP contribution in [0, 0.1) is 12.3 Å². The first-order valence-corrected chi connectivity index (χ1v) is 4.82. The zero-order chi connectivity index (χ0) is 10.6. The first kappa shape index (κ1) is 11.1. The average molecular weight is 227 g/mol. The molecule has 1 aromatic carbocycles. The Morgan fingerprint density at radius 3 is 2.79 bits per heavy atom. The molecule has 0 aliphatic heterocycles. The Bertz CT molecular complexity index is 391. The minimum absolute atomic E-state index is 0.0737. The number of hydrogen-bond acceptors (Lipinski definition) is 1. The summed E-state index contributed by atoms with van der Waals surface area (Å²) >= 11 is 11.6. The van der Waals surface area contributed by atoms with Gasteiger partial charge in [-0.1, -0.05) is 23.2 Å². The van der Waals surface area contributed by atoms with Gasteiger partial charge in [-0.05, 0) is 18.2 Å². The minimum atomic E-state index is -0.0737. The molecule has 0 bridgehead atoms. The summed E-state index contributed by atoms with van der Waals surface area (Å²) in [4.78, 5) is 11.5. The lowest BCUT2D eigenvalue weighted by molar-refractivity contribution is 0.0984. The second-order valence-electron chi connectivity index (χ2n) is 2.75. The third-order valence-electron chi connectivity index (χ3n) is 1.73. The molecule has 1 rings (SSSR count). The summed E-state index contributed by atoms with van der Waals surface area (Å²) < 4.78 is 0. The number of Topliss-reactive ketones (excluding diaryl/α,β-unsaturated/α-hetero) is 1. The molecule has 0 heterocycles. The minimum Gasteiger partial charge on any atom is -0.294 e. The van der Waals surface area contributed by atoms with Crippen LogP contribution in [0.15, 0.2) is 18.2 Å². The van der Waals surface area contributed by atoms with Gasteiger partial charge in [0.25, 0.3) is 0 Å². The lowest BCUT2D eigenvalue weighted by Gasteiger charge is -2.02. The normalized spacial score (nSPS) is 9.50. The van der Waals surface area contributed by atoms with Gasteiger partial charge < -0.3 is 0 Å². The first-order chi connectivity index (χ1) is 6.65. The number of halogens is 2. The molecule has 0 saturated carbocycles. The molecule has 0 radical (unpaired) electrons. The molecule has 0 amide bonds. The molecule has 1 aromatic rings. The largest absolute Gasteiger partial charge is 0.294 e. The Kier molecular flexibility index (Phi) is 4.00. The van der Waals surface area contributed by atoms with E-state index in [0.717, 1.165) is 0 Å². The molecule has 0 aromatic heterocycles. The van der Waals surface area contributed by atoms with Gasteiger partial charge in [-0.2, -0.15) is 0 Å². The van der Waals surface area contributed by atoms with Gasteiger partial charge in [0.05, 0.1) is 5.02 Å². The van der Waals surface area contributed by atoms with Crippen molar-refractivity contribution >= 4 is 29.0 Å². The lowest BCUT2D eigenvalue weighted by atomic mass is 10.1. The highest BCUT2D eigenvalue weighted by Crippen LogP contribution is 2.22. The van der Waals surface area contributed by atoms with Crippen LogP contribution in [0.2, 0.25) is 10.0 Å². The van der Waals surface area contributed by atoms with E-state index in [1.165, 1.54) is 0 Å². The third-order valence-corrected chi connectivity index (χ3v) is 2.29. The standard InChI is InChI=1S/C11H8Cl2O/c1-2-3-4-11(14)9-7-8(12)5-6-10(9)13/h1,5-7H,3-4H2. The zero-order valence-electron chi connectivity index (χ0n) is 7.39. The van der Waals surface area contributed by atoms with E-state index in [0.29, 0.717) is 28.5 Å². The average Bonchev–Trinajstić information content (AvgIpc) is 2.18. The van der Waals surface area contributed by atoms with Gasteiger partial charge in [0, 0.05) is 23.4 Å². The summed E-state index contributed by atoms with van der Waals surface area (Å²) in [6.07, 6.45) is 5.78. The molecule has 0 aliphatic rings. The maximum atomic E-state index is 11.5. The summed E-state index contributed by atoms with van der Waals surface area (Å²) in [5.74, 6) is 2.33. The molecule has 0 fully saturated rings. The number of ketones is 1. The molecule has 14 heavy (non-hydrogen) atoms. The zero-order valence-corrected chi connectivity index (χ0v) is 8.90. The van der Waals surface area contributed by atoms with Gasteiger partial charge in [0.2, 0.25) is 0 Å². The Morgan fingerprint density at radius 2 is 2.14 bits per heavy atom. The quantitative estimate of drug-likeness (QED) is 0.569. The molecular formula is C11H8Cl2O. The number of carbonyl (C=O) groups excluding carboxylic acids is 1. The molecule has 1 nitrogen and oxygen atoms in total. The summed E-state index contributed by atoms with van der Waals surface area (Å²) in [5.41, 5.74) is 0.439. The third kappa shape index (κ3) is 2.77. The van der Waals surface area contributed by atoms with Crippen molar-refractivity contribution in [1.29, 1.82) is 0 Å². The van der Waals surface area contributed by atoms with Crippen LogP contribution in [0.4, 0.5) is 0 Å². The fraction of sp³-hybridized carbons (Fsp3) is 0.182. The van der Waals surface area contributed by atoms with Crippen LogP contribution in [0.3, 0.4) is 0 Å². The van der Waals surface area contributed by atoms with E-state index in [4.69, 9.17) is 29.6 Å². The summed E-state index contributed by atoms with van der Waals surface area (Å²) in [6, 6.07) is 4.80. The van der Waals surface area contributed by atoms with E-state index in [1.807, 2.05) is 0 Å². The van der Waals surface area contributed by atoms with Crippen LogP contribution in [-0.4, -0.2) is 5.78 Å². The van der Waals surface area contributed by atoms with Gasteiger partial charge in [-0.15, -0.1) is 12.3 Å². The molecule has 0 spiro atoms. The van der Waals surface area contributed by atoms with Gasteiger partial charge in [-0.3, -0.25) is 4.79 Å². The van der Waals surface area contributed by atoms with E-state index >= 15 is 0 Å². The Balaban J connectivity index is 2.90. The maximum Gasteiger partial charge on any atom is 0.165 e. The molecule has 0 aliphatic carbocycles. The Hall–Kier alpha value is -0.970.